The van der Waals surface area contributed by atoms with Crippen molar-refractivity contribution in [3.05, 3.63) is 69.7 Å². The maximum Gasteiger partial charge on any atom is 0.0450 e. The van der Waals surface area contributed by atoms with Crippen molar-refractivity contribution in [3.8, 4) is 11.8 Å². The standard InChI is InChI=1S/C30H39Cl/c1-3-5-7-8-9-24-13-18-27(19-14-24)28-20-15-25(16-21-28)11-12-26-17-22-29(10-6-4-2)30(31)23-26/h13-14,17-19,22-23,25,28H,3-10,15-16,20-21H2,1-2H3. The zero-order chi connectivity index (χ0) is 21.9. The number of rotatable bonds is 9. The molecule has 166 valence electrons. The largest absolute Gasteiger partial charge is 0.0945 e. The molecule has 31 heavy (non-hydrogen) atoms. The third-order valence-electron chi connectivity index (χ3n) is 6.77. The summed E-state index contributed by atoms with van der Waals surface area (Å²) in [6.45, 7) is 4.49. The average Bonchev–Trinajstić information content (AvgIpc) is 2.81. The van der Waals surface area contributed by atoms with E-state index in [2.05, 4.69) is 68.2 Å². The molecule has 1 heteroatoms. The fourth-order valence-corrected chi connectivity index (χ4v) is 4.94. The average molecular weight is 435 g/mol. The minimum atomic E-state index is 0.521. The Labute approximate surface area is 195 Å². The first kappa shape index (κ1) is 23.9. The van der Waals surface area contributed by atoms with Gasteiger partial charge in [-0.05, 0) is 86.1 Å². The lowest BCUT2D eigenvalue weighted by Gasteiger charge is -2.26. The van der Waals surface area contributed by atoms with E-state index in [4.69, 9.17) is 11.6 Å². The molecule has 1 aliphatic carbocycles. The third-order valence-corrected chi connectivity index (χ3v) is 7.12. The van der Waals surface area contributed by atoms with Crippen LogP contribution in [0.15, 0.2) is 42.5 Å². The molecule has 0 aliphatic heterocycles. The van der Waals surface area contributed by atoms with Crippen LogP contribution in [-0.2, 0) is 12.8 Å². The van der Waals surface area contributed by atoms with Crippen LogP contribution in [0.3, 0.4) is 0 Å². The Morgan fingerprint density at radius 1 is 0.806 bits per heavy atom. The normalized spacial score (nSPS) is 18.4. The second-order valence-electron chi connectivity index (χ2n) is 9.28. The van der Waals surface area contributed by atoms with Crippen LogP contribution in [0.25, 0.3) is 0 Å². The van der Waals surface area contributed by atoms with Crippen molar-refractivity contribution in [2.24, 2.45) is 5.92 Å². The predicted octanol–water partition coefficient (Wildman–Crippen LogP) is 9.13. The molecular weight excluding hydrogens is 396 g/mol. The molecule has 0 bridgehead atoms. The van der Waals surface area contributed by atoms with Gasteiger partial charge in [-0.1, -0.05) is 93.3 Å². The Kier molecular flexibility index (Phi) is 10.0. The monoisotopic (exact) mass is 434 g/mol. The van der Waals surface area contributed by atoms with E-state index in [0.717, 1.165) is 17.0 Å². The van der Waals surface area contributed by atoms with Gasteiger partial charge >= 0.3 is 0 Å². The summed E-state index contributed by atoms with van der Waals surface area (Å²) in [7, 11) is 0. The number of hydrogen-bond acceptors (Lipinski definition) is 0. The van der Waals surface area contributed by atoms with Crippen molar-refractivity contribution >= 4 is 11.6 Å². The number of hydrogen-bond donors (Lipinski definition) is 0. The summed E-state index contributed by atoms with van der Waals surface area (Å²) < 4.78 is 0. The van der Waals surface area contributed by atoms with Crippen LogP contribution in [0.5, 0.6) is 0 Å². The van der Waals surface area contributed by atoms with Crippen molar-refractivity contribution in [1.29, 1.82) is 0 Å². The van der Waals surface area contributed by atoms with Crippen molar-refractivity contribution in [2.45, 2.75) is 96.8 Å². The summed E-state index contributed by atoms with van der Waals surface area (Å²) in [6.07, 6.45) is 15.0. The summed E-state index contributed by atoms with van der Waals surface area (Å²) in [5, 5.41) is 0.873. The van der Waals surface area contributed by atoms with E-state index >= 15 is 0 Å². The zero-order valence-corrected chi connectivity index (χ0v) is 20.3. The molecule has 1 saturated carbocycles. The van der Waals surface area contributed by atoms with Crippen LogP contribution in [0.1, 0.15) is 106 Å². The Bertz CT molecular complexity index is 844. The second-order valence-corrected chi connectivity index (χ2v) is 9.69. The van der Waals surface area contributed by atoms with E-state index in [1.807, 2.05) is 0 Å². The maximum atomic E-state index is 6.46. The molecule has 0 nitrogen and oxygen atoms in total. The molecule has 0 heterocycles. The molecule has 0 amide bonds. The van der Waals surface area contributed by atoms with Crippen molar-refractivity contribution in [3.63, 3.8) is 0 Å². The van der Waals surface area contributed by atoms with Gasteiger partial charge in [-0.2, -0.15) is 0 Å². The van der Waals surface area contributed by atoms with E-state index < -0.39 is 0 Å². The third kappa shape index (κ3) is 7.73. The van der Waals surface area contributed by atoms with E-state index in [1.54, 1.807) is 0 Å². The smallest absolute Gasteiger partial charge is 0.0450 e. The highest BCUT2D eigenvalue weighted by Gasteiger charge is 2.21. The zero-order valence-electron chi connectivity index (χ0n) is 19.6. The molecule has 3 rings (SSSR count). The first-order valence-electron chi connectivity index (χ1n) is 12.6. The van der Waals surface area contributed by atoms with Crippen LogP contribution in [0.2, 0.25) is 5.02 Å². The SMILES string of the molecule is CCCCCCc1ccc(C2CCC(C#Cc3ccc(CCCC)c(Cl)c3)CC2)cc1. The van der Waals surface area contributed by atoms with Crippen molar-refractivity contribution < 1.29 is 0 Å². The quantitative estimate of drug-likeness (QED) is 0.272. The Hall–Kier alpha value is -1.71. The minimum Gasteiger partial charge on any atom is -0.0945 e. The van der Waals surface area contributed by atoms with Gasteiger partial charge in [0.2, 0.25) is 0 Å². The molecule has 0 saturated heterocycles. The minimum absolute atomic E-state index is 0.521. The van der Waals surface area contributed by atoms with Gasteiger partial charge in [0.1, 0.15) is 0 Å². The lowest BCUT2D eigenvalue weighted by molar-refractivity contribution is 0.384. The predicted molar refractivity (Wildman–Crippen MR) is 136 cm³/mol. The maximum absolute atomic E-state index is 6.46. The van der Waals surface area contributed by atoms with E-state index in [9.17, 15) is 0 Å². The van der Waals surface area contributed by atoms with Gasteiger partial charge in [0.15, 0.2) is 0 Å². The number of halogens is 1. The van der Waals surface area contributed by atoms with Crippen LogP contribution in [0, 0.1) is 17.8 Å². The van der Waals surface area contributed by atoms with Gasteiger partial charge in [0, 0.05) is 16.5 Å². The lowest BCUT2D eigenvalue weighted by atomic mass is 9.78. The highest BCUT2D eigenvalue weighted by Crippen LogP contribution is 2.35. The lowest BCUT2D eigenvalue weighted by Crippen LogP contribution is -2.12. The first-order valence-corrected chi connectivity index (χ1v) is 13.0. The Morgan fingerprint density at radius 2 is 1.55 bits per heavy atom. The fraction of sp³-hybridized carbons (Fsp3) is 0.533. The molecular formula is C30H39Cl. The summed E-state index contributed by atoms with van der Waals surface area (Å²) in [4.78, 5) is 0. The molecule has 0 atom stereocenters. The van der Waals surface area contributed by atoms with Gasteiger partial charge in [-0.25, -0.2) is 0 Å². The summed E-state index contributed by atoms with van der Waals surface area (Å²) >= 11 is 6.46. The van der Waals surface area contributed by atoms with Crippen molar-refractivity contribution in [2.75, 3.05) is 0 Å². The van der Waals surface area contributed by atoms with Crippen molar-refractivity contribution in [1.82, 2.24) is 0 Å². The van der Waals surface area contributed by atoms with E-state index in [0.29, 0.717) is 11.8 Å². The van der Waals surface area contributed by atoms with Gasteiger partial charge in [0.25, 0.3) is 0 Å². The van der Waals surface area contributed by atoms with E-state index in [-0.39, 0.29) is 0 Å². The summed E-state index contributed by atoms with van der Waals surface area (Å²) in [6, 6.07) is 15.8. The molecule has 0 aromatic heterocycles. The van der Waals surface area contributed by atoms with Crippen LogP contribution >= 0.6 is 11.6 Å². The van der Waals surface area contributed by atoms with Gasteiger partial charge in [0.05, 0.1) is 0 Å². The highest BCUT2D eigenvalue weighted by molar-refractivity contribution is 6.31. The molecule has 2 aromatic rings. The van der Waals surface area contributed by atoms with E-state index in [1.165, 1.54) is 87.3 Å². The summed E-state index contributed by atoms with van der Waals surface area (Å²) in [5.74, 6) is 8.16. The molecule has 1 fully saturated rings. The number of benzene rings is 2. The number of aryl methyl sites for hydroxylation is 2. The van der Waals surface area contributed by atoms with Gasteiger partial charge < -0.3 is 0 Å². The Morgan fingerprint density at radius 3 is 2.23 bits per heavy atom. The molecule has 0 unspecified atom stereocenters. The topological polar surface area (TPSA) is 0 Å². The number of unbranched alkanes of at least 4 members (excludes halogenated alkanes) is 4. The first-order chi connectivity index (χ1) is 15.2. The van der Waals surface area contributed by atoms with Crippen LogP contribution in [-0.4, -0.2) is 0 Å². The summed E-state index contributed by atoms with van der Waals surface area (Å²) in [5.41, 5.74) is 5.33. The van der Waals surface area contributed by atoms with Gasteiger partial charge in [-0.3, -0.25) is 0 Å². The van der Waals surface area contributed by atoms with Gasteiger partial charge in [-0.15, -0.1) is 0 Å². The second kappa shape index (κ2) is 13.0. The van der Waals surface area contributed by atoms with Crippen LogP contribution in [0.4, 0.5) is 0 Å². The molecule has 0 radical (unpaired) electrons. The Balaban J connectivity index is 1.47. The molecule has 0 spiro atoms. The molecule has 0 N–H and O–H groups in total. The molecule has 2 aromatic carbocycles. The molecule has 1 aliphatic rings. The van der Waals surface area contributed by atoms with Crippen LogP contribution < -0.4 is 0 Å². The highest BCUT2D eigenvalue weighted by atomic mass is 35.5. The fourth-order valence-electron chi connectivity index (χ4n) is 4.66.